The van der Waals surface area contributed by atoms with Gasteiger partial charge in [-0.3, -0.25) is 16.3 Å². The van der Waals surface area contributed by atoms with E-state index in [0.29, 0.717) is 6.42 Å². The molecule has 1 heterocycles. The molecular weight excluding hydrogens is 248 g/mol. The number of nitrogens with zero attached hydrogens (tertiary/aromatic N) is 1. The lowest BCUT2D eigenvalue weighted by Gasteiger charge is -2.19. The first-order chi connectivity index (χ1) is 9.09. The van der Waals surface area contributed by atoms with Crippen LogP contribution in [0.3, 0.4) is 0 Å². The zero-order valence-corrected chi connectivity index (χ0v) is 11.0. The maximum Gasteiger partial charge on any atom is 0.248 e. The topological polar surface area (TPSA) is 50.9 Å². The lowest BCUT2D eigenvalue weighted by atomic mass is 9.94. The molecule has 0 spiro atoms. The second kappa shape index (κ2) is 6.39. The summed E-state index contributed by atoms with van der Waals surface area (Å²) in [6.07, 6.45) is 6.66. The van der Waals surface area contributed by atoms with Crippen molar-refractivity contribution in [2.24, 2.45) is 11.8 Å². The number of nitrogens with two attached hydrogens (primary N) is 1. The summed E-state index contributed by atoms with van der Waals surface area (Å²) in [4.78, 5) is 4.06. The Balaban J connectivity index is 1.78. The molecule has 1 aromatic rings. The summed E-state index contributed by atoms with van der Waals surface area (Å²) < 4.78 is 26.3. The number of aromatic nitrogens is 1. The van der Waals surface area contributed by atoms with E-state index in [1.165, 1.54) is 0 Å². The molecule has 2 unspecified atom stereocenters. The van der Waals surface area contributed by atoms with Crippen LogP contribution in [0, 0.1) is 5.92 Å². The van der Waals surface area contributed by atoms with Crippen LogP contribution >= 0.6 is 0 Å². The van der Waals surface area contributed by atoms with Gasteiger partial charge in [0.2, 0.25) is 5.92 Å². The molecule has 106 valence electrons. The van der Waals surface area contributed by atoms with Crippen LogP contribution in [0.1, 0.15) is 37.7 Å². The van der Waals surface area contributed by atoms with Gasteiger partial charge in [-0.1, -0.05) is 6.07 Å². The van der Waals surface area contributed by atoms with Gasteiger partial charge in [0.1, 0.15) is 0 Å². The fourth-order valence-electron chi connectivity index (χ4n) is 2.80. The van der Waals surface area contributed by atoms with Crippen LogP contribution in [-0.4, -0.2) is 16.9 Å². The van der Waals surface area contributed by atoms with E-state index in [1.54, 1.807) is 6.20 Å². The second-order valence-corrected chi connectivity index (χ2v) is 5.46. The highest BCUT2D eigenvalue weighted by molar-refractivity contribution is 5.08. The minimum Gasteiger partial charge on any atom is -0.271 e. The number of halogens is 2. The number of hydrogen-bond acceptors (Lipinski definition) is 3. The Bertz CT molecular complexity index is 384. The Morgan fingerprint density at radius 3 is 2.95 bits per heavy atom. The molecule has 0 aliphatic heterocycles. The highest BCUT2D eigenvalue weighted by atomic mass is 19.3. The van der Waals surface area contributed by atoms with E-state index in [1.807, 2.05) is 18.3 Å². The van der Waals surface area contributed by atoms with Crippen molar-refractivity contribution in [1.82, 2.24) is 10.4 Å². The van der Waals surface area contributed by atoms with Crippen molar-refractivity contribution in [3.05, 3.63) is 30.1 Å². The van der Waals surface area contributed by atoms with Crippen LogP contribution in [0.2, 0.25) is 0 Å². The Morgan fingerprint density at radius 2 is 2.37 bits per heavy atom. The molecule has 0 amide bonds. The lowest BCUT2D eigenvalue weighted by Crippen LogP contribution is -2.37. The fraction of sp³-hybridized carbons (Fsp3) is 0.643. The normalized spacial score (nSPS) is 23.4. The Morgan fingerprint density at radius 1 is 1.53 bits per heavy atom. The molecule has 3 N–H and O–H groups in total. The van der Waals surface area contributed by atoms with E-state index in [-0.39, 0.29) is 24.8 Å². The number of rotatable bonds is 6. The van der Waals surface area contributed by atoms with E-state index in [9.17, 15) is 8.78 Å². The first kappa shape index (κ1) is 14.3. The van der Waals surface area contributed by atoms with Crippen LogP contribution in [0.15, 0.2) is 24.5 Å². The van der Waals surface area contributed by atoms with Gasteiger partial charge in [-0.25, -0.2) is 8.78 Å². The Hall–Kier alpha value is -1.07. The third-order valence-corrected chi connectivity index (χ3v) is 3.86. The molecule has 0 aromatic carbocycles. The van der Waals surface area contributed by atoms with Crippen molar-refractivity contribution in [2.75, 3.05) is 0 Å². The predicted octanol–water partition coefficient (Wildman–Crippen LogP) is 2.67. The summed E-state index contributed by atoms with van der Waals surface area (Å²) in [5.41, 5.74) is 3.91. The first-order valence-electron chi connectivity index (χ1n) is 6.82. The zero-order valence-electron chi connectivity index (χ0n) is 11.0. The van der Waals surface area contributed by atoms with Gasteiger partial charge in [0.15, 0.2) is 0 Å². The largest absolute Gasteiger partial charge is 0.271 e. The lowest BCUT2D eigenvalue weighted by molar-refractivity contribution is 0.00428. The van der Waals surface area contributed by atoms with E-state index < -0.39 is 5.92 Å². The maximum absolute atomic E-state index is 13.1. The molecule has 1 aliphatic carbocycles. The summed E-state index contributed by atoms with van der Waals surface area (Å²) in [6.45, 7) is 0. The summed E-state index contributed by atoms with van der Waals surface area (Å²) in [6, 6.07) is 4.02. The second-order valence-electron chi connectivity index (χ2n) is 5.46. The minimum atomic E-state index is -2.47. The van der Waals surface area contributed by atoms with Gasteiger partial charge in [0, 0.05) is 31.3 Å². The van der Waals surface area contributed by atoms with E-state index in [0.717, 1.165) is 24.8 Å². The highest BCUT2D eigenvalue weighted by Gasteiger charge is 2.39. The number of pyridine rings is 1. The van der Waals surface area contributed by atoms with Crippen LogP contribution in [0.5, 0.6) is 0 Å². The molecular formula is C14H21F2N3. The Labute approximate surface area is 112 Å². The Kier molecular flexibility index (Phi) is 4.82. The third kappa shape index (κ3) is 4.51. The van der Waals surface area contributed by atoms with Crippen LogP contribution in [0.4, 0.5) is 8.78 Å². The molecule has 5 heteroatoms. The summed E-state index contributed by atoms with van der Waals surface area (Å²) in [5.74, 6) is 3.15. The van der Waals surface area contributed by atoms with Crippen molar-refractivity contribution in [3.63, 3.8) is 0 Å². The maximum atomic E-state index is 13.1. The van der Waals surface area contributed by atoms with Crippen LogP contribution in [0.25, 0.3) is 0 Å². The molecule has 1 fully saturated rings. The van der Waals surface area contributed by atoms with Crippen molar-refractivity contribution >= 4 is 0 Å². The molecule has 2 rings (SSSR count). The average Bonchev–Trinajstić information content (AvgIpc) is 2.75. The number of alkyl halides is 2. The van der Waals surface area contributed by atoms with Crippen LogP contribution in [-0.2, 0) is 6.42 Å². The molecule has 1 aliphatic rings. The summed E-state index contributed by atoms with van der Waals surface area (Å²) >= 11 is 0. The fourth-order valence-corrected chi connectivity index (χ4v) is 2.80. The smallest absolute Gasteiger partial charge is 0.248 e. The molecule has 1 saturated carbocycles. The number of nitrogens with one attached hydrogen (secondary N) is 1. The standard InChI is InChI=1S/C14H21F2N3/c15-14(16)6-5-12(9-14)8-13(19-17)4-3-11-2-1-7-18-10-11/h1-2,7,10,12-13,19H,3-6,8-9,17H2. The van der Waals surface area contributed by atoms with Crippen molar-refractivity contribution < 1.29 is 8.78 Å². The number of hydrogen-bond donors (Lipinski definition) is 2. The van der Waals surface area contributed by atoms with Crippen molar-refractivity contribution in [3.8, 4) is 0 Å². The van der Waals surface area contributed by atoms with Gasteiger partial charge in [0.05, 0.1) is 0 Å². The first-order valence-corrected chi connectivity index (χ1v) is 6.82. The van der Waals surface area contributed by atoms with Gasteiger partial charge in [-0.05, 0) is 43.2 Å². The molecule has 3 nitrogen and oxygen atoms in total. The molecule has 2 atom stereocenters. The third-order valence-electron chi connectivity index (χ3n) is 3.86. The molecule has 19 heavy (non-hydrogen) atoms. The monoisotopic (exact) mass is 269 g/mol. The van der Waals surface area contributed by atoms with E-state index >= 15 is 0 Å². The van der Waals surface area contributed by atoms with Crippen molar-refractivity contribution in [2.45, 2.75) is 50.5 Å². The molecule has 0 radical (unpaired) electrons. The highest BCUT2D eigenvalue weighted by Crippen LogP contribution is 2.40. The summed E-state index contributed by atoms with van der Waals surface area (Å²) in [5, 5.41) is 0. The molecule has 0 bridgehead atoms. The average molecular weight is 269 g/mol. The van der Waals surface area contributed by atoms with Gasteiger partial charge in [-0.15, -0.1) is 0 Å². The van der Waals surface area contributed by atoms with Gasteiger partial charge < -0.3 is 0 Å². The van der Waals surface area contributed by atoms with Gasteiger partial charge in [0.25, 0.3) is 0 Å². The minimum absolute atomic E-state index is 0.0120. The van der Waals surface area contributed by atoms with Crippen molar-refractivity contribution in [1.29, 1.82) is 0 Å². The van der Waals surface area contributed by atoms with E-state index in [4.69, 9.17) is 5.84 Å². The predicted molar refractivity (Wildman–Crippen MR) is 70.6 cm³/mol. The molecule has 1 aromatic heterocycles. The SMILES string of the molecule is NNC(CCc1cccnc1)CC1CCC(F)(F)C1. The number of aryl methyl sites for hydroxylation is 1. The molecule has 0 saturated heterocycles. The number of hydrazine groups is 1. The summed E-state index contributed by atoms with van der Waals surface area (Å²) in [7, 11) is 0. The van der Waals surface area contributed by atoms with E-state index in [2.05, 4.69) is 10.4 Å². The quantitative estimate of drug-likeness (QED) is 0.616. The van der Waals surface area contributed by atoms with Gasteiger partial charge >= 0.3 is 0 Å². The van der Waals surface area contributed by atoms with Gasteiger partial charge in [-0.2, -0.15) is 0 Å². The van der Waals surface area contributed by atoms with Crippen LogP contribution < -0.4 is 11.3 Å². The zero-order chi connectivity index (χ0) is 13.7.